The fourth-order valence-corrected chi connectivity index (χ4v) is 2.21. The van der Waals surface area contributed by atoms with E-state index in [1.165, 1.54) is 38.5 Å². The van der Waals surface area contributed by atoms with Crippen molar-refractivity contribution in [1.82, 2.24) is 0 Å². The van der Waals surface area contributed by atoms with Gasteiger partial charge in [0.1, 0.15) is 0 Å². The van der Waals surface area contributed by atoms with E-state index in [9.17, 15) is 9.90 Å². The molecule has 120 valence electrons. The van der Waals surface area contributed by atoms with Gasteiger partial charge >= 0.3 is 5.97 Å². The molecule has 0 saturated heterocycles. The molecule has 0 spiro atoms. The lowest BCUT2D eigenvalue weighted by Gasteiger charge is -2.10. The molecule has 3 nitrogen and oxygen atoms in total. The Morgan fingerprint density at radius 2 is 1.35 bits per heavy atom. The Morgan fingerprint density at radius 1 is 0.850 bits per heavy atom. The molecule has 0 radical (unpaired) electrons. The van der Waals surface area contributed by atoms with Crippen LogP contribution < -0.4 is 0 Å². The van der Waals surface area contributed by atoms with Gasteiger partial charge in [-0.15, -0.1) is 0 Å². The lowest BCUT2D eigenvalue weighted by atomic mass is 10.1. The van der Waals surface area contributed by atoms with Crippen LogP contribution in [-0.2, 0) is 9.53 Å². The standard InChI is InChI=1S/C17H34O3/c1-3-5-7-8-9-10-11-12-14-16(18)17(19)20-15-13-6-4-2/h16,18H,3-15H2,1-2H3. The van der Waals surface area contributed by atoms with Gasteiger partial charge in [0.05, 0.1) is 6.61 Å². The predicted molar refractivity (Wildman–Crippen MR) is 83.7 cm³/mol. The zero-order chi connectivity index (χ0) is 15.1. The summed E-state index contributed by atoms with van der Waals surface area (Å²) in [5.74, 6) is -0.441. The highest BCUT2D eigenvalue weighted by atomic mass is 16.5. The van der Waals surface area contributed by atoms with Gasteiger partial charge in [-0.1, -0.05) is 78.1 Å². The molecule has 0 rings (SSSR count). The van der Waals surface area contributed by atoms with Crippen molar-refractivity contribution in [1.29, 1.82) is 0 Å². The first-order chi connectivity index (χ1) is 9.72. The number of hydrogen-bond donors (Lipinski definition) is 1. The second-order valence-corrected chi connectivity index (χ2v) is 5.65. The first-order valence-corrected chi connectivity index (χ1v) is 8.57. The Morgan fingerprint density at radius 3 is 1.95 bits per heavy atom. The van der Waals surface area contributed by atoms with Crippen molar-refractivity contribution in [2.75, 3.05) is 6.61 Å². The first kappa shape index (κ1) is 19.4. The van der Waals surface area contributed by atoms with Crippen molar-refractivity contribution in [2.45, 2.75) is 97.0 Å². The molecular formula is C17H34O3. The molecule has 0 bridgehead atoms. The van der Waals surface area contributed by atoms with Crippen LogP contribution >= 0.6 is 0 Å². The molecule has 0 aliphatic rings. The van der Waals surface area contributed by atoms with E-state index in [0.29, 0.717) is 13.0 Å². The zero-order valence-electron chi connectivity index (χ0n) is 13.5. The van der Waals surface area contributed by atoms with Crippen molar-refractivity contribution < 1.29 is 14.6 Å². The predicted octanol–water partition coefficient (Wildman–Crippen LogP) is 4.61. The minimum absolute atomic E-state index is 0.441. The van der Waals surface area contributed by atoms with Gasteiger partial charge in [-0.05, 0) is 12.8 Å². The normalized spacial score (nSPS) is 12.3. The average Bonchev–Trinajstić information content (AvgIpc) is 2.46. The SMILES string of the molecule is CCCCCCCCCCC(O)C(=O)OCCCCC. The maximum Gasteiger partial charge on any atom is 0.334 e. The van der Waals surface area contributed by atoms with Crippen molar-refractivity contribution in [3.63, 3.8) is 0 Å². The lowest BCUT2D eigenvalue weighted by Crippen LogP contribution is -2.23. The van der Waals surface area contributed by atoms with E-state index in [1.807, 2.05) is 0 Å². The molecule has 0 heterocycles. The summed E-state index contributed by atoms with van der Waals surface area (Å²) in [6.07, 6.45) is 12.5. The molecule has 0 aliphatic heterocycles. The van der Waals surface area contributed by atoms with Gasteiger partial charge in [-0.25, -0.2) is 4.79 Å². The number of carbonyl (C=O) groups is 1. The fourth-order valence-electron chi connectivity index (χ4n) is 2.21. The molecule has 3 heteroatoms. The van der Waals surface area contributed by atoms with Crippen molar-refractivity contribution in [3.05, 3.63) is 0 Å². The monoisotopic (exact) mass is 286 g/mol. The summed E-state index contributed by atoms with van der Waals surface area (Å²) < 4.78 is 5.04. The van der Waals surface area contributed by atoms with Crippen LogP contribution in [0.4, 0.5) is 0 Å². The smallest absolute Gasteiger partial charge is 0.334 e. The molecule has 1 atom stereocenters. The summed E-state index contributed by atoms with van der Waals surface area (Å²) in [5, 5.41) is 9.67. The molecule has 0 saturated carbocycles. The number of aliphatic hydroxyl groups excluding tert-OH is 1. The van der Waals surface area contributed by atoms with Crippen LogP contribution in [0.15, 0.2) is 0 Å². The van der Waals surface area contributed by atoms with Crippen LogP contribution in [0.5, 0.6) is 0 Å². The molecule has 1 N–H and O–H groups in total. The van der Waals surface area contributed by atoms with Crippen LogP contribution in [0.25, 0.3) is 0 Å². The second kappa shape index (κ2) is 14.8. The number of unbranched alkanes of at least 4 members (excludes halogenated alkanes) is 9. The molecule has 0 aromatic carbocycles. The quantitative estimate of drug-likeness (QED) is 0.374. The van der Waals surface area contributed by atoms with Gasteiger partial charge in [0.2, 0.25) is 0 Å². The number of rotatable bonds is 14. The summed E-state index contributed by atoms with van der Waals surface area (Å²) in [4.78, 5) is 11.5. The third-order valence-electron chi connectivity index (χ3n) is 3.60. The van der Waals surface area contributed by atoms with E-state index in [-0.39, 0.29) is 0 Å². The summed E-state index contributed by atoms with van der Waals surface area (Å²) in [7, 11) is 0. The average molecular weight is 286 g/mol. The third kappa shape index (κ3) is 12.5. The molecule has 1 unspecified atom stereocenters. The van der Waals surface area contributed by atoms with Crippen LogP contribution in [0, 0.1) is 0 Å². The molecule has 0 aliphatic carbocycles. The van der Waals surface area contributed by atoms with E-state index >= 15 is 0 Å². The highest BCUT2D eigenvalue weighted by Crippen LogP contribution is 2.11. The Balaban J connectivity index is 3.34. The van der Waals surface area contributed by atoms with Gasteiger partial charge < -0.3 is 9.84 Å². The largest absolute Gasteiger partial charge is 0.464 e. The minimum Gasteiger partial charge on any atom is -0.464 e. The number of aliphatic hydroxyl groups is 1. The molecule has 0 amide bonds. The highest BCUT2D eigenvalue weighted by molar-refractivity contribution is 5.74. The highest BCUT2D eigenvalue weighted by Gasteiger charge is 2.15. The fraction of sp³-hybridized carbons (Fsp3) is 0.941. The molecular weight excluding hydrogens is 252 g/mol. The van der Waals surface area contributed by atoms with Gasteiger partial charge in [-0.2, -0.15) is 0 Å². The van der Waals surface area contributed by atoms with Crippen LogP contribution in [0.1, 0.15) is 90.9 Å². The van der Waals surface area contributed by atoms with Gasteiger partial charge in [-0.3, -0.25) is 0 Å². The summed E-state index contributed by atoms with van der Waals surface area (Å²) >= 11 is 0. The summed E-state index contributed by atoms with van der Waals surface area (Å²) in [6, 6.07) is 0. The summed E-state index contributed by atoms with van der Waals surface area (Å²) in [5.41, 5.74) is 0. The number of ether oxygens (including phenoxy) is 1. The van der Waals surface area contributed by atoms with Crippen molar-refractivity contribution >= 4 is 5.97 Å². The Hall–Kier alpha value is -0.570. The van der Waals surface area contributed by atoms with E-state index in [2.05, 4.69) is 13.8 Å². The molecule has 0 fully saturated rings. The van der Waals surface area contributed by atoms with Gasteiger partial charge in [0.15, 0.2) is 6.10 Å². The second-order valence-electron chi connectivity index (χ2n) is 5.65. The maximum atomic E-state index is 11.5. The van der Waals surface area contributed by atoms with Gasteiger partial charge in [0.25, 0.3) is 0 Å². The third-order valence-corrected chi connectivity index (χ3v) is 3.60. The van der Waals surface area contributed by atoms with E-state index in [1.54, 1.807) is 0 Å². The first-order valence-electron chi connectivity index (χ1n) is 8.57. The van der Waals surface area contributed by atoms with Gasteiger partial charge in [0, 0.05) is 0 Å². The maximum absolute atomic E-state index is 11.5. The number of esters is 1. The van der Waals surface area contributed by atoms with Crippen molar-refractivity contribution in [2.24, 2.45) is 0 Å². The molecule has 0 aromatic heterocycles. The zero-order valence-corrected chi connectivity index (χ0v) is 13.5. The summed E-state index contributed by atoms with van der Waals surface area (Å²) in [6.45, 7) is 4.78. The van der Waals surface area contributed by atoms with Crippen LogP contribution in [-0.4, -0.2) is 23.8 Å². The number of carbonyl (C=O) groups excluding carboxylic acids is 1. The Bertz CT molecular complexity index is 216. The lowest BCUT2D eigenvalue weighted by molar-refractivity contribution is -0.154. The Labute approximate surface area is 125 Å². The van der Waals surface area contributed by atoms with Crippen molar-refractivity contribution in [3.8, 4) is 0 Å². The molecule has 20 heavy (non-hydrogen) atoms. The van der Waals surface area contributed by atoms with Crippen LogP contribution in [0.2, 0.25) is 0 Å². The van der Waals surface area contributed by atoms with E-state index < -0.39 is 12.1 Å². The Kier molecular flexibility index (Phi) is 14.4. The number of hydrogen-bond acceptors (Lipinski definition) is 3. The topological polar surface area (TPSA) is 46.5 Å². The van der Waals surface area contributed by atoms with E-state index in [0.717, 1.165) is 32.1 Å². The van der Waals surface area contributed by atoms with Crippen LogP contribution in [0.3, 0.4) is 0 Å². The minimum atomic E-state index is -0.920. The van der Waals surface area contributed by atoms with E-state index in [4.69, 9.17) is 4.74 Å². The molecule has 0 aromatic rings.